The Morgan fingerprint density at radius 3 is 2.36 bits per heavy atom. The van der Waals surface area contributed by atoms with E-state index in [4.69, 9.17) is 0 Å². The molecule has 0 saturated carbocycles. The number of nitrogens with zero attached hydrogens (tertiary/aromatic N) is 1. The lowest BCUT2D eigenvalue weighted by molar-refractivity contribution is -0.140. The molecule has 0 unspecified atom stereocenters. The minimum Gasteiger partial charge on any atom is -0.507 e. The largest absolute Gasteiger partial charge is 0.507 e. The van der Waals surface area contributed by atoms with Gasteiger partial charge in [0.1, 0.15) is 5.75 Å². The highest BCUT2D eigenvalue weighted by Crippen LogP contribution is 2.47. The maximum atomic E-state index is 13.4. The number of aliphatic hydroxyl groups excluding tert-OH is 2. The molecule has 6 heteroatoms. The van der Waals surface area contributed by atoms with Crippen LogP contribution in [0.5, 0.6) is 5.75 Å². The molecular weight excluding hydrogens is 526 g/mol. The van der Waals surface area contributed by atoms with Gasteiger partial charge < -0.3 is 15.3 Å². The topological polar surface area (TPSA) is 98.1 Å². The van der Waals surface area contributed by atoms with Crippen LogP contribution in [0, 0.1) is 17.8 Å². The number of hydrogen-bond donors (Lipinski definition) is 3. The summed E-state index contributed by atoms with van der Waals surface area (Å²) in [6.45, 7) is 4.13. The number of rotatable bonds is 11. The average Bonchev–Trinajstić information content (AvgIpc) is 3.24. The molecule has 3 N–H and O–H groups in total. The molecule has 1 aliphatic heterocycles. The molecule has 6 nitrogen and oxygen atoms in total. The zero-order chi connectivity index (χ0) is 29.8. The number of carbonyl (C=O) groups excluding carboxylic acids is 2. The van der Waals surface area contributed by atoms with Crippen LogP contribution in [0.4, 0.5) is 0 Å². The lowest BCUT2D eigenvalue weighted by Crippen LogP contribution is -2.39. The fourth-order valence-corrected chi connectivity index (χ4v) is 7.03. The van der Waals surface area contributed by atoms with Gasteiger partial charge in [-0.3, -0.25) is 14.5 Å². The predicted molar refractivity (Wildman–Crippen MR) is 166 cm³/mol. The number of allylic oxidation sites excluding steroid dienone is 2. The molecule has 5 rings (SSSR count). The molecule has 1 heterocycles. The van der Waals surface area contributed by atoms with Gasteiger partial charge in [0.05, 0.1) is 24.5 Å². The van der Waals surface area contributed by atoms with Crippen molar-refractivity contribution in [2.45, 2.75) is 58.5 Å². The van der Waals surface area contributed by atoms with Crippen molar-refractivity contribution in [2.24, 2.45) is 17.8 Å². The van der Waals surface area contributed by atoms with Crippen LogP contribution in [0.25, 0.3) is 22.4 Å². The molecule has 0 spiro atoms. The van der Waals surface area contributed by atoms with Gasteiger partial charge in [-0.2, -0.15) is 0 Å². The summed E-state index contributed by atoms with van der Waals surface area (Å²) in [6.07, 6.45) is 4.97. The highest BCUT2D eigenvalue weighted by atomic mass is 16.3. The zero-order valence-corrected chi connectivity index (χ0v) is 24.5. The van der Waals surface area contributed by atoms with Crippen molar-refractivity contribution in [3.8, 4) is 5.75 Å². The van der Waals surface area contributed by atoms with Crippen LogP contribution < -0.4 is 0 Å². The summed E-state index contributed by atoms with van der Waals surface area (Å²) in [7, 11) is 0. The van der Waals surface area contributed by atoms with Crippen molar-refractivity contribution in [3.63, 3.8) is 0 Å². The van der Waals surface area contributed by atoms with Gasteiger partial charge in [-0.25, -0.2) is 0 Å². The molecule has 0 aromatic heterocycles. The smallest absolute Gasteiger partial charge is 0.233 e. The first-order valence-corrected chi connectivity index (χ1v) is 15.2. The lowest BCUT2D eigenvalue weighted by Gasteiger charge is -2.36. The minimum absolute atomic E-state index is 0.136. The minimum atomic E-state index is -0.851. The molecule has 2 aliphatic rings. The number of benzene rings is 3. The van der Waals surface area contributed by atoms with Gasteiger partial charge in [-0.1, -0.05) is 92.6 Å². The molecule has 0 radical (unpaired) electrons. The van der Waals surface area contributed by atoms with E-state index in [1.165, 1.54) is 4.90 Å². The van der Waals surface area contributed by atoms with E-state index in [2.05, 4.69) is 25.1 Å². The maximum absolute atomic E-state index is 13.4. The Balaban J connectivity index is 1.48. The van der Waals surface area contributed by atoms with Crippen molar-refractivity contribution in [3.05, 3.63) is 89.0 Å². The predicted octanol–water partition coefficient (Wildman–Crippen LogP) is 6.35. The number of aliphatic hydroxyl groups is 2. The van der Waals surface area contributed by atoms with Gasteiger partial charge in [0.2, 0.25) is 11.8 Å². The molecule has 1 aliphatic carbocycles. The quantitative estimate of drug-likeness (QED) is 0.143. The van der Waals surface area contributed by atoms with Gasteiger partial charge in [0, 0.05) is 17.8 Å². The van der Waals surface area contributed by atoms with Gasteiger partial charge >= 0.3 is 0 Å². The number of carbonyl (C=O) groups is 2. The number of fused-ring (bicyclic) bond motifs is 2. The Morgan fingerprint density at radius 1 is 0.952 bits per heavy atom. The normalized spacial score (nSPS) is 21.8. The summed E-state index contributed by atoms with van der Waals surface area (Å²) in [5.41, 5.74) is 4.82. The lowest BCUT2D eigenvalue weighted by atomic mass is 9.67. The monoisotopic (exact) mass is 567 g/mol. The number of aromatic hydroxyl groups is 1. The Hall–Kier alpha value is -3.74. The fraction of sp³-hybridized carbons (Fsp3) is 0.389. The van der Waals surface area contributed by atoms with E-state index in [-0.39, 0.29) is 24.2 Å². The van der Waals surface area contributed by atoms with E-state index in [1.807, 2.05) is 55.5 Å². The molecule has 2 amide bonds. The molecule has 1 fully saturated rings. The fourth-order valence-electron chi connectivity index (χ4n) is 7.03. The standard InChI is InChI=1S/C36H41NO5/c1-3-10-26-21-29-34(36(42)37(19-4-2)35(29)41)30(22-38)33(26)32(40)18-15-24(23-11-6-5-7-12-23)20-25-16-17-31(39)28-14-9-8-13-27(25)28/h5-9,11-14,16-17,20,29-30,32,34,38-40H,3-4,10,15,18-19,21-22H2,1-2H3/b24-20-/t29-,30+,32-,34-/m1/s1. The molecule has 4 atom stereocenters. The molecule has 0 bridgehead atoms. The molecule has 3 aromatic rings. The summed E-state index contributed by atoms with van der Waals surface area (Å²) in [5.74, 6) is -1.76. The number of likely N-dealkylation sites (tertiary alicyclic amines) is 1. The van der Waals surface area contributed by atoms with E-state index in [0.29, 0.717) is 32.2 Å². The summed E-state index contributed by atoms with van der Waals surface area (Å²) >= 11 is 0. The van der Waals surface area contributed by atoms with Crippen molar-refractivity contribution >= 4 is 34.2 Å². The van der Waals surface area contributed by atoms with Crippen LogP contribution in [-0.2, 0) is 9.59 Å². The van der Waals surface area contributed by atoms with Crippen molar-refractivity contribution in [2.75, 3.05) is 13.2 Å². The number of phenolic OH excluding ortho intramolecular Hbond substituents is 1. The summed E-state index contributed by atoms with van der Waals surface area (Å²) in [6, 6.07) is 21.4. The second kappa shape index (κ2) is 13.1. The number of hydrogen-bond acceptors (Lipinski definition) is 5. The highest BCUT2D eigenvalue weighted by Gasteiger charge is 2.54. The van der Waals surface area contributed by atoms with Crippen LogP contribution in [0.15, 0.2) is 77.9 Å². The second-order valence-electron chi connectivity index (χ2n) is 11.6. The van der Waals surface area contributed by atoms with E-state index >= 15 is 0 Å². The average molecular weight is 568 g/mol. The first-order valence-electron chi connectivity index (χ1n) is 15.2. The third-order valence-corrected chi connectivity index (χ3v) is 8.93. The number of imide groups is 1. The van der Waals surface area contributed by atoms with Crippen molar-refractivity contribution in [1.29, 1.82) is 0 Å². The number of amides is 2. The third-order valence-electron chi connectivity index (χ3n) is 8.93. The summed E-state index contributed by atoms with van der Waals surface area (Å²) in [5, 5.41) is 34.5. The van der Waals surface area contributed by atoms with Gasteiger partial charge in [0.25, 0.3) is 0 Å². The Kier molecular flexibility index (Phi) is 9.24. The molecule has 3 aromatic carbocycles. The van der Waals surface area contributed by atoms with Crippen LogP contribution in [0.3, 0.4) is 0 Å². The maximum Gasteiger partial charge on any atom is 0.233 e. The molecule has 1 saturated heterocycles. The summed E-state index contributed by atoms with van der Waals surface area (Å²) < 4.78 is 0. The second-order valence-corrected chi connectivity index (χ2v) is 11.6. The molecule has 42 heavy (non-hydrogen) atoms. The number of phenols is 1. The Morgan fingerprint density at radius 2 is 1.67 bits per heavy atom. The van der Waals surface area contributed by atoms with E-state index in [9.17, 15) is 24.9 Å². The van der Waals surface area contributed by atoms with Crippen LogP contribution in [-0.4, -0.2) is 51.3 Å². The highest BCUT2D eigenvalue weighted by molar-refractivity contribution is 6.06. The Bertz CT molecular complexity index is 1510. The summed E-state index contributed by atoms with van der Waals surface area (Å²) in [4.78, 5) is 28.0. The van der Waals surface area contributed by atoms with E-state index in [1.54, 1.807) is 6.07 Å². The molecular formula is C36H41NO5. The van der Waals surface area contributed by atoms with Gasteiger partial charge in [-0.15, -0.1) is 0 Å². The van der Waals surface area contributed by atoms with E-state index < -0.39 is 23.9 Å². The first-order chi connectivity index (χ1) is 20.4. The Labute approximate surface area is 248 Å². The van der Waals surface area contributed by atoms with Crippen LogP contribution in [0.1, 0.15) is 63.5 Å². The van der Waals surface area contributed by atoms with Gasteiger partial charge in [-0.05, 0) is 65.8 Å². The van der Waals surface area contributed by atoms with Gasteiger partial charge in [0.15, 0.2) is 0 Å². The van der Waals surface area contributed by atoms with Crippen molar-refractivity contribution in [1.82, 2.24) is 4.90 Å². The first kappa shape index (κ1) is 29.7. The van der Waals surface area contributed by atoms with Crippen LogP contribution >= 0.6 is 0 Å². The zero-order valence-electron chi connectivity index (χ0n) is 24.5. The van der Waals surface area contributed by atoms with E-state index in [0.717, 1.165) is 51.5 Å². The third kappa shape index (κ3) is 5.66. The molecule has 220 valence electrons. The SMILES string of the molecule is CCCC1=C([C@H](O)CC/C(=C/c2ccc(O)c3ccccc23)c2ccccc2)[C@H](CO)[C@@H]2C(=O)N(CCC)C(=O)[C@@H]2C1. The van der Waals surface area contributed by atoms with Crippen LogP contribution in [0.2, 0.25) is 0 Å². The van der Waals surface area contributed by atoms with Crippen molar-refractivity contribution < 1.29 is 24.9 Å².